The lowest BCUT2D eigenvalue weighted by Gasteiger charge is -2.15. The van der Waals surface area contributed by atoms with Crippen molar-refractivity contribution in [3.63, 3.8) is 0 Å². The second-order valence-electron chi connectivity index (χ2n) is 8.66. The van der Waals surface area contributed by atoms with Crippen molar-refractivity contribution >= 4 is 34.2 Å². The number of fused-ring (bicyclic) bond motifs is 1. The van der Waals surface area contributed by atoms with Crippen LogP contribution in [0, 0.1) is 13.8 Å². The van der Waals surface area contributed by atoms with Crippen LogP contribution >= 0.6 is 11.6 Å². The third-order valence-corrected chi connectivity index (χ3v) is 6.46. The standard InChI is InChI=1S/C29H22ClF3N4/c1-18-22(14-9-15-23(18)29(31,32)33)17-37-19(2)34-27-24(37)16-25(30)35-28(27)36-26(20-10-5-3-6-11-20)21-12-7-4-8-13-21/h3-16H,17H2,1-2H3. The van der Waals surface area contributed by atoms with Gasteiger partial charge in [-0.1, -0.05) is 84.4 Å². The zero-order valence-electron chi connectivity index (χ0n) is 20.1. The van der Waals surface area contributed by atoms with Gasteiger partial charge in [-0.15, -0.1) is 0 Å². The topological polar surface area (TPSA) is 43.1 Å². The van der Waals surface area contributed by atoms with Gasteiger partial charge in [0, 0.05) is 23.7 Å². The molecule has 5 aromatic rings. The fraction of sp³-hybridized carbons (Fsp3) is 0.138. The normalized spacial score (nSPS) is 11.6. The first kappa shape index (κ1) is 24.7. The van der Waals surface area contributed by atoms with Crippen LogP contribution in [0.5, 0.6) is 0 Å². The SMILES string of the molecule is Cc1c(Cn2c(C)nc3c(N=C(c4ccccc4)c4ccccc4)nc(Cl)cc32)cccc1C(F)(F)F. The molecule has 0 saturated heterocycles. The molecular formula is C29H22ClF3N4. The number of pyridine rings is 1. The average Bonchev–Trinajstić information content (AvgIpc) is 3.19. The summed E-state index contributed by atoms with van der Waals surface area (Å²) < 4.78 is 42.3. The minimum absolute atomic E-state index is 0.185. The van der Waals surface area contributed by atoms with Crippen LogP contribution in [-0.4, -0.2) is 20.2 Å². The lowest BCUT2D eigenvalue weighted by atomic mass is 10.0. The van der Waals surface area contributed by atoms with Crippen molar-refractivity contribution in [3.8, 4) is 0 Å². The molecule has 2 heterocycles. The second kappa shape index (κ2) is 9.82. The van der Waals surface area contributed by atoms with E-state index in [4.69, 9.17) is 21.6 Å². The first-order chi connectivity index (χ1) is 17.7. The van der Waals surface area contributed by atoms with Crippen LogP contribution < -0.4 is 0 Å². The van der Waals surface area contributed by atoms with E-state index in [-0.39, 0.29) is 17.3 Å². The van der Waals surface area contributed by atoms with Gasteiger partial charge >= 0.3 is 6.18 Å². The highest BCUT2D eigenvalue weighted by Gasteiger charge is 2.33. The Balaban J connectivity index is 1.66. The summed E-state index contributed by atoms with van der Waals surface area (Å²) in [4.78, 5) is 14.1. The molecule has 2 aromatic heterocycles. The molecule has 8 heteroatoms. The Labute approximate surface area is 217 Å². The number of aromatic nitrogens is 3. The molecule has 0 aliphatic carbocycles. The molecular weight excluding hydrogens is 497 g/mol. The highest BCUT2D eigenvalue weighted by molar-refractivity contribution is 6.30. The van der Waals surface area contributed by atoms with Gasteiger partial charge in [-0.25, -0.2) is 15.0 Å². The highest BCUT2D eigenvalue weighted by atomic mass is 35.5. The minimum atomic E-state index is -4.42. The Kier molecular flexibility index (Phi) is 6.56. The van der Waals surface area contributed by atoms with Crippen LogP contribution in [0.15, 0.2) is 89.9 Å². The van der Waals surface area contributed by atoms with Gasteiger partial charge in [0.1, 0.15) is 16.5 Å². The second-order valence-corrected chi connectivity index (χ2v) is 9.05. The van der Waals surface area contributed by atoms with Crippen LogP contribution in [0.3, 0.4) is 0 Å². The quantitative estimate of drug-likeness (QED) is 0.175. The molecule has 0 radical (unpaired) electrons. The van der Waals surface area contributed by atoms with Crippen LogP contribution in [0.4, 0.5) is 19.0 Å². The number of benzene rings is 3. The maximum atomic E-state index is 13.5. The molecule has 5 rings (SSSR count). The van der Waals surface area contributed by atoms with Crippen molar-refractivity contribution in [2.24, 2.45) is 4.99 Å². The number of alkyl halides is 3. The zero-order chi connectivity index (χ0) is 26.2. The number of hydrogen-bond donors (Lipinski definition) is 0. The van der Waals surface area contributed by atoms with Crippen molar-refractivity contribution in [3.05, 3.63) is 124 Å². The molecule has 0 unspecified atom stereocenters. The summed E-state index contributed by atoms with van der Waals surface area (Å²) in [7, 11) is 0. The molecule has 0 aliphatic heterocycles. The summed E-state index contributed by atoms with van der Waals surface area (Å²) in [5.74, 6) is 0.959. The molecule has 0 bridgehead atoms. The Morgan fingerprint density at radius 3 is 2.08 bits per heavy atom. The number of halogens is 4. The van der Waals surface area contributed by atoms with Gasteiger partial charge < -0.3 is 4.57 Å². The van der Waals surface area contributed by atoms with Gasteiger partial charge in [0.2, 0.25) is 0 Å². The van der Waals surface area contributed by atoms with Crippen molar-refractivity contribution in [1.29, 1.82) is 0 Å². The molecule has 0 spiro atoms. The van der Waals surface area contributed by atoms with E-state index in [1.54, 1.807) is 19.1 Å². The van der Waals surface area contributed by atoms with Crippen molar-refractivity contribution in [2.75, 3.05) is 0 Å². The molecule has 186 valence electrons. The number of imidazole rings is 1. The largest absolute Gasteiger partial charge is 0.416 e. The molecule has 37 heavy (non-hydrogen) atoms. The number of nitrogens with zero attached hydrogens (tertiary/aromatic N) is 4. The van der Waals surface area contributed by atoms with Crippen LogP contribution in [0.1, 0.15) is 33.6 Å². The predicted molar refractivity (Wildman–Crippen MR) is 141 cm³/mol. The van der Waals surface area contributed by atoms with Gasteiger partial charge in [0.05, 0.1) is 16.8 Å². The maximum absolute atomic E-state index is 13.5. The molecule has 0 amide bonds. The number of aryl methyl sites for hydroxylation is 1. The van der Waals surface area contributed by atoms with E-state index in [1.165, 1.54) is 13.0 Å². The van der Waals surface area contributed by atoms with Crippen LogP contribution in [0.2, 0.25) is 5.15 Å². The lowest BCUT2D eigenvalue weighted by Crippen LogP contribution is -2.11. The molecule has 0 N–H and O–H groups in total. The van der Waals surface area contributed by atoms with Crippen molar-refractivity contribution < 1.29 is 13.2 Å². The molecule has 0 atom stereocenters. The molecule has 3 aromatic carbocycles. The van der Waals surface area contributed by atoms with E-state index in [0.717, 1.165) is 17.2 Å². The van der Waals surface area contributed by atoms with E-state index in [2.05, 4.69) is 4.98 Å². The Morgan fingerprint density at radius 1 is 0.865 bits per heavy atom. The first-order valence-corrected chi connectivity index (χ1v) is 12.0. The molecule has 0 fully saturated rings. The van der Waals surface area contributed by atoms with Gasteiger partial charge in [-0.3, -0.25) is 0 Å². The summed E-state index contributed by atoms with van der Waals surface area (Å²) >= 11 is 6.43. The van der Waals surface area contributed by atoms with Gasteiger partial charge in [-0.05, 0) is 31.0 Å². The van der Waals surface area contributed by atoms with E-state index in [0.29, 0.717) is 34.0 Å². The summed E-state index contributed by atoms with van der Waals surface area (Å²) in [5.41, 5.74) is 3.77. The molecule has 4 nitrogen and oxygen atoms in total. The summed E-state index contributed by atoms with van der Waals surface area (Å²) in [6.45, 7) is 3.49. The monoisotopic (exact) mass is 518 g/mol. The van der Waals surface area contributed by atoms with Crippen molar-refractivity contribution in [1.82, 2.24) is 14.5 Å². The number of hydrogen-bond acceptors (Lipinski definition) is 3. The average molecular weight is 519 g/mol. The van der Waals surface area contributed by atoms with E-state index in [1.807, 2.05) is 65.2 Å². The maximum Gasteiger partial charge on any atom is 0.416 e. The van der Waals surface area contributed by atoms with Crippen molar-refractivity contribution in [2.45, 2.75) is 26.6 Å². The van der Waals surface area contributed by atoms with E-state index >= 15 is 0 Å². The predicted octanol–water partition coefficient (Wildman–Crippen LogP) is 7.94. The van der Waals surface area contributed by atoms with E-state index < -0.39 is 11.7 Å². The Bertz CT molecular complexity index is 1570. The fourth-order valence-electron chi connectivity index (χ4n) is 4.40. The molecule has 0 aliphatic rings. The van der Waals surface area contributed by atoms with E-state index in [9.17, 15) is 13.2 Å². The number of aliphatic imine (C=N–C) groups is 1. The third-order valence-electron chi connectivity index (χ3n) is 6.27. The zero-order valence-corrected chi connectivity index (χ0v) is 20.8. The molecule has 0 saturated carbocycles. The van der Waals surface area contributed by atoms with Gasteiger partial charge in [0.15, 0.2) is 5.82 Å². The van der Waals surface area contributed by atoms with Crippen LogP contribution in [0.25, 0.3) is 11.0 Å². The Hall–Kier alpha value is -3.97. The van der Waals surface area contributed by atoms with Gasteiger partial charge in [-0.2, -0.15) is 13.2 Å². The summed E-state index contributed by atoms with van der Waals surface area (Å²) in [6.07, 6.45) is -4.42. The lowest BCUT2D eigenvalue weighted by molar-refractivity contribution is -0.138. The summed E-state index contributed by atoms with van der Waals surface area (Å²) in [6, 6.07) is 25.4. The van der Waals surface area contributed by atoms with Gasteiger partial charge in [0.25, 0.3) is 0 Å². The smallest absolute Gasteiger partial charge is 0.324 e. The first-order valence-electron chi connectivity index (χ1n) is 11.6. The Morgan fingerprint density at radius 2 is 1.49 bits per heavy atom. The minimum Gasteiger partial charge on any atom is -0.324 e. The highest BCUT2D eigenvalue weighted by Crippen LogP contribution is 2.34. The third kappa shape index (κ3) is 5.00. The fourth-order valence-corrected chi connectivity index (χ4v) is 4.58. The number of rotatable bonds is 5. The van der Waals surface area contributed by atoms with Crippen LogP contribution in [-0.2, 0) is 12.7 Å². The summed E-state index contributed by atoms with van der Waals surface area (Å²) in [5, 5.41) is 0.216.